The number of amides is 1. The van der Waals surface area contributed by atoms with Gasteiger partial charge in [-0.1, -0.05) is 15.9 Å². The number of carbonyl (C=O) groups excluding carboxylic acids is 1. The van der Waals surface area contributed by atoms with Gasteiger partial charge < -0.3 is 10.6 Å². The first-order valence-electron chi connectivity index (χ1n) is 6.99. The van der Waals surface area contributed by atoms with Crippen molar-refractivity contribution in [2.24, 2.45) is 0 Å². The Hall–Kier alpha value is -0.910. The largest absolute Gasteiger partial charge is 0.325 e. The number of nitrogens with zero attached hydrogens (tertiary/aromatic N) is 1. The number of nitrogens with one attached hydrogen (secondary N) is 2. The molecule has 0 bridgehead atoms. The van der Waals surface area contributed by atoms with Crippen LogP contribution in [-0.2, 0) is 4.79 Å². The molecule has 1 aliphatic heterocycles. The van der Waals surface area contributed by atoms with Crippen LogP contribution in [-0.4, -0.2) is 42.5 Å². The summed E-state index contributed by atoms with van der Waals surface area (Å²) in [6.07, 6.45) is 0. The van der Waals surface area contributed by atoms with Gasteiger partial charge in [-0.05, 0) is 44.5 Å². The Bertz CT molecular complexity index is 492. The van der Waals surface area contributed by atoms with Crippen molar-refractivity contribution in [3.8, 4) is 0 Å². The predicted molar refractivity (Wildman–Crippen MR) is 86.0 cm³/mol. The molecule has 20 heavy (non-hydrogen) atoms. The zero-order valence-corrected chi connectivity index (χ0v) is 13.8. The Labute approximate surface area is 129 Å². The van der Waals surface area contributed by atoms with Crippen molar-refractivity contribution in [2.45, 2.75) is 32.9 Å². The first-order chi connectivity index (χ1) is 9.45. The van der Waals surface area contributed by atoms with Crippen molar-refractivity contribution in [3.05, 3.63) is 28.2 Å². The van der Waals surface area contributed by atoms with Crippen LogP contribution in [0.4, 0.5) is 5.69 Å². The number of halogens is 1. The number of anilines is 1. The van der Waals surface area contributed by atoms with Crippen LogP contribution in [0.2, 0.25) is 0 Å². The predicted octanol–water partition coefficient (Wildman–Crippen LogP) is 2.38. The number of piperazine rings is 1. The normalized spacial score (nSPS) is 23.6. The van der Waals surface area contributed by atoms with Crippen molar-refractivity contribution >= 4 is 27.5 Å². The molecule has 2 N–H and O–H groups in total. The molecular weight excluding hydrogens is 318 g/mol. The Morgan fingerprint density at radius 1 is 1.50 bits per heavy atom. The highest BCUT2D eigenvalue weighted by molar-refractivity contribution is 9.10. The van der Waals surface area contributed by atoms with Crippen molar-refractivity contribution < 1.29 is 4.79 Å². The van der Waals surface area contributed by atoms with Crippen LogP contribution in [0.3, 0.4) is 0 Å². The van der Waals surface area contributed by atoms with E-state index in [-0.39, 0.29) is 5.91 Å². The summed E-state index contributed by atoms with van der Waals surface area (Å²) in [5.74, 6) is 0.0488. The van der Waals surface area contributed by atoms with Gasteiger partial charge in [0.1, 0.15) is 0 Å². The monoisotopic (exact) mass is 339 g/mol. The number of rotatable bonds is 3. The number of benzene rings is 1. The lowest BCUT2D eigenvalue weighted by Gasteiger charge is -2.36. The maximum absolute atomic E-state index is 12.1. The minimum atomic E-state index is 0.0488. The quantitative estimate of drug-likeness (QED) is 0.888. The second kappa shape index (κ2) is 6.70. The molecular formula is C15H22BrN3O. The number of aryl methyl sites for hydroxylation is 1. The molecule has 0 radical (unpaired) electrons. The number of hydrogen-bond donors (Lipinski definition) is 2. The maximum Gasteiger partial charge on any atom is 0.238 e. The zero-order valence-electron chi connectivity index (χ0n) is 12.2. The Morgan fingerprint density at radius 3 is 2.95 bits per heavy atom. The first kappa shape index (κ1) is 15.5. The van der Waals surface area contributed by atoms with Gasteiger partial charge >= 0.3 is 0 Å². The highest BCUT2D eigenvalue weighted by Crippen LogP contribution is 2.20. The van der Waals surface area contributed by atoms with Crippen LogP contribution < -0.4 is 10.6 Å². The van der Waals surface area contributed by atoms with Gasteiger partial charge in [-0.2, -0.15) is 0 Å². The topological polar surface area (TPSA) is 44.4 Å². The van der Waals surface area contributed by atoms with Gasteiger partial charge in [0.25, 0.3) is 0 Å². The Balaban J connectivity index is 1.93. The van der Waals surface area contributed by atoms with Gasteiger partial charge in [0, 0.05) is 35.3 Å². The Kier molecular flexibility index (Phi) is 5.18. The second-order valence-corrected chi connectivity index (χ2v) is 6.45. The van der Waals surface area contributed by atoms with E-state index in [1.165, 1.54) is 0 Å². The minimum absolute atomic E-state index is 0.0488. The van der Waals surface area contributed by atoms with Crippen molar-refractivity contribution in [3.63, 3.8) is 0 Å². The summed E-state index contributed by atoms with van der Waals surface area (Å²) in [6.45, 7) is 8.60. The van der Waals surface area contributed by atoms with Gasteiger partial charge in [0.15, 0.2) is 0 Å². The lowest BCUT2D eigenvalue weighted by Crippen LogP contribution is -2.55. The van der Waals surface area contributed by atoms with Crippen LogP contribution in [0, 0.1) is 6.92 Å². The van der Waals surface area contributed by atoms with E-state index in [2.05, 4.69) is 45.3 Å². The molecule has 1 aliphatic rings. The second-order valence-electron chi connectivity index (χ2n) is 5.60. The minimum Gasteiger partial charge on any atom is -0.325 e. The SMILES string of the molecule is Cc1cc(NC(=O)CN2CC(C)NCC2C)ccc1Br. The number of hydrogen-bond acceptors (Lipinski definition) is 3. The van der Waals surface area contributed by atoms with Crippen LogP contribution in [0.15, 0.2) is 22.7 Å². The lowest BCUT2D eigenvalue weighted by molar-refractivity contribution is -0.118. The Morgan fingerprint density at radius 2 is 2.25 bits per heavy atom. The van der Waals surface area contributed by atoms with Crippen LogP contribution in [0.1, 0.15) is 19.4 Å². The van der Waals surface area contributed by atoms with Gasteiger partial charge in [-0.25, -0.2) is 0 Å². The molecule has 1 aromatic rings. The molecule has 0 spiro atoms. The van der Waals surface area contributed by atoms with Gasteiger partial charge in [0.05, 0.1) is 6.54 Å². The summed E-state index contributed by atoms with van der Waals surface area (Å²) in [5.41, 5.74) is 1.97. The van der Waals surface area contributed by atoms with E-state index in [0.29, 0.717) is 18.6 Å². The van der Waals surface area contributed by atoms with E-state index in [9.17, 15) is 4.79 Å². The first-order valence-corrected chi connectivity index (χ1v) is 7.78. The van der Waals surface area contributed by atoms with Gasteiger partial charge in [0.2, 0.25) is 5.91 Å². The highest BCUT2D eigenvalue weighted by Gasteiger charge is 2.23. The van der Waals surface area contributed by atoms with Gasteiger partial charge in [-0.3, -0.25) is 9.69 Å². The molecule has 1 amide bonds. The average Bonchev–Trinajstić information content (AvgIpc) is 2.38. The van der Waals surface area contributed by atoms with E-state index in [1.807, 2.05) is 25.1 Å². The fourth-order valence-corrected chi connectivity index (χ4v) is 2.67. The molecule has 2 atom stereocenters. The molecule has 1 heterocycles. The van der Waals surface area contributed by atoms with Crippen molar-refractivity contribution in [1.82, 2.24) is 10.2 Å². The van der Waals surface area contributed by atoms with Crippen LogP contribution >= 0.6 is 15.9 Å². The molecule has 5 heteroatoms. The van der Waals surface area contributed by atoms with Gasteiger partial charge in [-0.15, -0.1) is 0 Å². The summed E-state index contributed by atoms with van der Waals surface area (Å²) in [4.78, 5) is 14.4. The third-order valence-corrected chi connectivity index (χ3v) is 4.57. The molecule has 2 rings (SSSR count). The summed E-state index contributed by atoms with van der Waals surface area (Å²) >= 11 is 3.46. The molecule has 0 aromatic heterocycles. The van der Waals surface area contributed by atoms with Crippen LogP contribution in [0.25, 0.3) is 0 Å². The molecule has 1 saturated heterocycles. The van der Waals surface area contributed by atoms with Crippen molar-refractivity contribution in [2.75, 3.05) is 25.0 Å². The molecule has 0 saturated carbocycles. The lowest BCUT2D eigenvalue weighted by atomic mass is 10.1. The number of carbonyl (C=O) groups is 1. The third kappa shape index (κ3) is 4.04. The average molecular weight is 340 g/mol. The van der Waals surface area contributed by atoms with Crippen molar-refractivity contribution in [1.29, 1.82) is 0 Å². The highest BCUT2D eigenvalue weighted by atomic mass is 79.9. The zero-order chi connectivity index (χ0) is 14.7. The fraction of sp³-hybridized carbons (Fsp3) is 0.533. The van der Waals surface area contributed by atoms with E-state index in [4.69, 9.17) is 0 Å². The van der Waals surface area contributed by atoms with E-state index >= 15 is 0 Å². The van der Waals surface area contributed by atoms with E-state index in [0.717, 1.165) is 28.8 Å². The molecule has 110 valence electrons. The summed E-state index contributed by atoms with van der Waals surface area (Å²) < 4.78 is 1.06. The smallest absolute Gasteiger partial charge is 0.238 e. The molecule has 4 nitrogen and oxygen atoms in total. The van der Waals surface area contributed by atoms with Crippen LogP contribution in [0.5, 0.6) is 0 Å². The van der Waals surface area contributed by atoms with E-state index < -0.39 is 0 Å². The summed E-state index contributed by atoms with van der Waals surface area (Å²) in [5, 5.41) is 6.39. The fourth-order valence-electron chi connectivity index (χ4n) is 2.42. The maximum atomic E-state index is 12.1. The summed E-state index contributed by atoms with van der Waals surface area (Å²) in [7, 11) is 0. The molecule has 1 fully saturated rings. The molecule has 2 unspecified atom stereocenters. The standard InChI is InChI=1S/C15H22BrN3O/c1-10-6-13(4-5-14(10)16)18-15(20)9-19-8-11(2)17-7-12(19)3/h4-6,11-12,17H,7-9H2,1-3H3,(H,18,20). The van der Waals surface area contributed by atoms with E-state index in [1.54, 1.807) is 0 Å². The summed E-state index contributed by atoms with van der Waals surface area (Å²) in [6, 6.07) is 6.68. The molecule has 0 aliphatic carbocycles. The third-order valence-electron chi connectivity index (χ3n) is 3.68. The molecule has 1 aromatic carbocycles.